The highest BCUT2D eigenvalue weighted by molar-refractivity contribution is 5.97. The zero-order chi connectivity index (χ0) is 24.6. The van der Waals surface area contributed by atoms with Gasteiger partial charge in [-0.3, -0.25) is 4.79 Å². The van der Waals surface area contributed by atoms with Gasteiger partial charge in [0.1, 0.15) is 11.3 Å². The second-order valence-corrected chi connectivity index (χ2v) is 8.01. The molecule has 1 N–H and O–H groups in total. The molecule has 0 radical (unpaired) electrons. The number of carboxylic acids is 1. The van der Waals surface area contributed by atoms with E-state index in [1.807, 2.05) is 4.90 Å². The molecule has 0 atom stereocenters. The zero-order valence-electron chi connectivity index (χ0n) is 18.4. The number of piperazine rings is 1. The van der Waals surface area contributed by atoms with Crippen LogP contribution in [0.4, 0.5) is 24.8 Å². The number of pyridine rings is 1. The van der Waals surface area contributed by atoms with Gasteiger partial charge in [-0.25, -0.2) is 19.2 Å². The van der Waals surface area contributed by atoms with Crippen molar-refractivity contribution in [2.24, 2.45) is 0 Å². The summed E-state index contributed by atoms with van der Waals surface area (Å²) in [5, 5.41) is 9.07. The van der Waals surface area contributed by atoms with E-state index in [0.29, 0.717) is 19.0 Å². The van der Waals surface area contributed by atoms with Crippen molar-refractivity contribution in [3.05, 3.63) is 52.3 Å². The van der Waals surface area contributed by atoms with Gasteiger partial charge in [0.05, 0.1) is 10.9 Å². The van der Waals surface area contributed by atoms with Gasteiger partial charge in [-0.1, -0.05) is 0 Å². The summed E-state index contributed by atoms with van der Waals surface area (Å²) >= 11 is 0. The first-order valence-electron chi connectivity index (χ1n) is 10.6. The maximum atomic E-state index is 15.4. The van der Waals surface area contributed by atoms with E-state index in [2.05, 4.69) is 9.97 Å². The highest BCUT2D eigenvalue weighted by Gasteiger charge is 2.30. The number of carboxylic acid groups (broad SMARTS) is 1. The summed E-state index contributed by atoms with van der Waals surface area (Å²) in [4.78, 5) is 36.2. The van der Waals surface area contributed by atoms with Crippen molar-refractivity contribution in [2.45, 2.75) is 26.5 Å². The number of hydrogen-bond donors (Lipinski definition) is 1. The Balaban J connectivity index is 1.86. The minimum Gasteiger partial charge on any atom is -0.477 e. The van der Waals surface area contributed by atoms with Crippen LogP contribution in [0, 0.1) is 5.82 Å². The van der Waals surface area contributed by atoms with Gasteiger partial charge in [-0.05, 0) is 26.0 Å². The Morgan fingerprint density at radius 1 is 1.12 bits per heavy atom. The van der Waals surface area contributed by atoms with Crippen LogP contribution in [0.3, 0.4) is 0 Å². The maximum Gasteiger partial charge on any atom is 0.387 e. The number of anilines is 2. The monoisotopic (exact) mass is 477 g/mol. The molecule has 2 aromatic heterocycles. The number of fused-ring (bicyclic) bond motifs is 1. The van der Waals surface area contributed by atoms with Crippen LogP contribution in [-0.4, -0.2) is 58.4 Å². The minimum absolute atomic E-state index is 0.0875. The molecule has 0 bridgehead atoms. The van der Waals surface area contributed by atoms with Crippen LogP contribution in [0.15, 0.2) is 35.5 Å². The Hall–Kier alpha value is -3.83. The van der Waals surface area contributed by atoms with Crippen LogP contribution in [0.2, 0.25) is 0 Å². The number of aromatic nitrogens is 3. The lowest BCUT2D eigenvalue weighted by Crippen LogP contribution is -2.47. The lowest BCUT2D eigenvalue weighted by atomic mass is 10.1. The summed E-state index contributed by atoms with van der Waals surface area (Å²) in [7, 11) is 0. The number of rotatable bonds is 6. The Morgan fingerprint density at radius 2 is 1.74 bits per heavy atom. The molecule has 0 saturated carbocycles. The number of aromatic carboxylic acids is 1. The fourth-order valence-corrected chi connectivity index (χ4v) is 4.08. The molecule has 1 aliphatic rings. The summed E-state index contributed by atoms with van der Waals surface area (Å²) in [6.45, 7) is 1.36. The zero-order valence-corrected chi connectivity index (χ0v) is 18.4. The van der Waals surface area contributed by atoms with Crippen LogP contribution in [0.5, 0.6) is 5.75 Å². The van der Waals surface area contributed by atoms with E-state index in [1.54, 1.807) is 37.2 Å². The molecule has 1 aliphatic heterocycles. The first-order valence-corrected chi connectivity index (χ1v) is 10.6. The molecular weight excluding hydrogens is 455 g/mol. The largest absolute Gasteiger partial charge is 0.477 e. The van der Waals surface area contributed by atoms with Crippen molar-refractivity contribution in [1.82, 2.24) is 14.5 Å². The molecular formula is C22H22F3N5O4. The van der Waals surface area contributed by atoms with Gasteiger partial charge in [-0.15, -0.1) is 0 Å². The third-order valence-electron chi connectivity index (χ3n) is 5.62. The average molecular weight is 477 g/mol. The Labute approximate surface area is 192 Å². The molecule has 3 aromatic rings. The molecule has 0 unspecified atom stereocenters. The highest BCUT2D eigenvalue weighted by Crippen LogP contribution is 2.40. The summed E-state index contributed by atoms with van der Waals surface area (Å²) in [5.41, 5.74) is -1.86. The summed E-state index contributed by atoms with van der Waals surface area (Å²) in [5.74, 6) is -2.46. The molecule has 180 valence electrons. The number of nitrogens with zero attached hydrogens (tertiary/aromatic N) is 5. The first-order chi connectivity index (χ1) is 16.2. The number of alkyl halides is 2. The molecule has 34 heavy (non-hydrogen) atoms. The van der Waals surface area contributed by atoms with Crippen molar-refractivity contribution in [2.75, 3.05) is 36.0 Å². The molecule has 9 nitrogen and oxygen atoms in total. The van der Waals surface area contributed by atoms with Crippen LogP contribution >= 0.6 is 0 Å². The molecule has 1 aromatic carbocycles. The smallest absolute Gasteiger partial charge is 0.387 e. The lowest BCUT2D eigenvalue weighted by molar-refractivity contribution is -0.0488. The second-order valence-electron chi connectivity index (χ2n) is 8.01. The lowest BCUT2D eigenvalue weighted by Gasteiger charge is -2.37. The summed E-state index contributed by atoms with van der Waals surface area (Å²) < 4.78 is 48.5. The van der Waals surface area contributed by atoms with Gasteiger partial charge in [0, 0.05) is 50.8 Å². The van der Waals surface area contributed by atoms with Crippen molar-refractivity contribution in [1.29, 1.82) is 0 Å². The SMILES string of the molecule is CC(C)n1cc(C(=O)O)c(=O)c2cc(F)c(N3CCN(c4ncccn4)CC3)c(OC(F)F)c21. The third-order valence-corrected chi connectivity index (χ3v) is 5.62. The standard InChI is InChI=1S/C22H22F3N5O4/c1-12(2)30-11-14(20(32)33)18(31)13-10-15(23)17(19(16(13)30)34-21(24)25)28-6-8-29(9-7-28)22-26-4-3-5-27-22/h3-5,10-12,21H,6-9H2,1-2H3,(H,32,33). The molecule has 1 saturated heterocycles. The fraction of sp³-hybridized carbons (Fsp3) is 0.364. The van der Waals surface area contributed by atoms with E-state index >= 15 is 4.39 Å². The summed E-state index contributed by atoms with van der Waals surface area (Å²) in [6.07, 6.45) is 4.27. The van der Waals surface area contributed by atoms with Crippen LogP contribution in [0.25, 0.3) is 10.9 Å². The molecule has 0 amide bonds. The second kappa shape index (κ2) is 9.20. The minimum atomic E-state index is -3.29. The molecule has 0 spiro atoms. The third kappa shape index (κ3) is 4.22. The highest BCUT2D eigenvalue weighted by atomic mass is 19.3. The number of carbonyl (C=O) groups is 1. The Morgan fingerprint density at radius 3 is 2.29 bits per heavy atom. The van der Waals surface area contributed by atoms with Crippen LogP contribution in [0.1, 0.15) is 30.2 Å². The Bertz CT molecular complexity index is 1280. The van der Waals surface area contributed by atoms with E-state index < -0.39 is 41.2 Å². The maximum absolute atomic E-state index is 15.4. The van der Waals surface area contributed by atoms with E-state index in [1.165, 1.54) is 4.57 Å². The Kier molecular flexibility index (Phi) is 6.31. The van der Waals surface area contributed by atoms with Crippen LogP contribution in [-0.2, 0) is 0 Å². The predicted octanol–water partition coefficient (Wildman–Crippen LogP) is 3.14. The van der Waals surface area contributed by atoms with Crippen molar-refractivity contribution in [3.63, 3.8) is 0 Å². The van der Waals surface area contributed by atoms with Crippen molar-refractivity contribution in [3.8, 4) is 5.75 Å². The molecule has 4 rings (SSSR count). The molecule has 0 aliphatic carbocycles. The van der Waals surface area contributed by atoms with Gasteiger partial charge < -0.3 is 24.2 Å². The quantitative estimate of drug-likeness (QED) is 0.578. The van der Waals surface area contributed by atoms with E-state index in [0.717, 1.165) is 12.3 Å². The molecule has 12 heteroatoms. The average Bonchev–Trinajstić information content (AvgIpc) is 2.80. The van der Waals surface area contributed by atoms with Crippen molar-refractivity contribution < 1.29 is 27.8 Å². The molecule has 1 fully saturated rings. The van der Waals surface area contributed by atoms with Gasteiger partial charge >= 0.3 is 12.6 Å². The van der Waals surface area contributed by atoms with Gasteiger partial charge in [-0.2, -0.15) is 8.78 Å². The van der Waals surface area contributed by atoms with Gasteiger partial charge in [0.25, 0.3) is 0 Å². The first kappa shape index (κ1) is 23.3. The number of halogens is 3. The van der Waals surface area contributed by atoms with Gasteiger partial charge in [0.2, 0.25) is 11.4 Å². The van der Waals surface area contributed by atoms with Gasteiger partial charge in [0.15, 0.2) is 11.6 Å². The van der Waals surface area contributed by atoms with E-state index in [-0.39, 0.29) is 29.7 Å². The normalized spacial score (nSPS) is 14.3. The van der Waals surface area contributed by atoms with Crippen LogP contribution < -0.4 is 20.0 Å². The topological polar surface area (TPSA) is 101 Å². The number of hydrogen-bond acceptors (Lipinski definition) is 7. The van der Waals surface area contributed by atoms with E-state index in [9.17, 15) is 23.5 Å². The molecule has 3 heterocycles. The van der Waals surface area contributed by atoms with E-state index in [4.69, 9.17) is 4.74 Å². The van der Waals surface area contributed by atoms with Crippen molar-refractivity contribution >= 4 is 28.5 Å². The predicted molar refractivity (Wildman–Crippen MR) is 119 cm³/mol. The number of ether oxygens (including phenoxy) is 1. The fourth-order valence-electron chi connectivity index (χ4n) is 4.08. The number of benzene rings is 1. The summed E-state index contributed by atoms with van der Waals surface area (Å²) in [6, 6.07) is 2.14.